The molecule has 0 saturated carbocycles. The summed E-state index contributed by atoms with van der Waals surface area (Å²) in [4.78, 5) is 14.8. The lowest BCUT2D eigenvalue weighted by Gasteiger charge is -2.39. The molecule has 2 aliphatic rings. The molecule has 274 valence electrons. The summed E-state index contributed by atoms with van der Waals surface area (Å²) in [6.07, 6.45) is 7.59. The Kier molecular flexibility index (Phi) is 7.70. The zero-order valence-corrected chi connectivity index (χ0v) is 31.8. The van der Waals surface area contributed by atoms with Crippen LogP contribution in [0.25, 0.3) is 67.0 Å². The van der Waals surface area contributed by atoms with Crippen molar-refractivity contribution in [3.8, 4) is 51.1 Å². The first-order valence-corrected chi connectivity index (χ1v) is 19.6. The van der Waals surface area contributed by atoms with Crippen LogP contribution in [0.5, 0.6) is 11.5 Å². The monoisotopic (exact) mass is 744 g/mol. The summed E-state index contributed by atoms with van der Waals surface area (Å²) in [7, 11) is 0. The van der Waals surface area contributed by atoms with E-state index in [2.05, 4.69) is 145 Å². The van der Waals surface area contributed by atoms with E-state index >= 15 is 0 Å². The molecular weight excluding hydrogens is 709 g/mol. The highest BCUT2D eigenvalue weighted by molar-refractivity contribution is 6.12. The van der Waals surface area contributed by atoms with E-state index in [4.69, 9.17) is 19.7 Å². The smallest absolute Gasteiger partial charge is 0.164 e. The van der Waals surface area contributed by atoms with E-state index in [1.165, 1.54) is 33.0 Å². The van der Waals surface area contributed by atoms with Gasteiger partial charge in [0, 0.05) is 38.7 Å². The fraction of sp³-hybridized carbons (Fsp3) is 0.0377. The van der Waals surface area contributed by atoms with E-state index in [9.17, 15) is 0 Å². The maximum absolute atomic E-state index is 6.62. The molecule has 0 radical (unpaired) electrons. The van der Waals surface area contributed by atoms with Gasteiger partial charge in [-0.05, 0) is 89.3 Å². The first-order chi connectivity index (χ1) is 28.6. The third-order valence-corrected chi connectivity index (χ3v) is 11.6. The molecule has 3 heterocycles. The third-order valence-electron chi connectivity index (χ3n) is 11.6. The molecule has 5 heteroatoms. The summed E-state index contributed by atoms with van der Waals surface area (Å²) in [5.74, 6) is 3.65. The minimum Gasteiger partial charge on any atom is -0.457 e. The summed E-state index contributed by atoms with van der Waals surface area (Å²) in [5.41, 5.74) is 12.9. The third kappa shape index (κ3) is 5.00. The maximum Gasteiger partial charge on any atom is 0.164 e. The van der Waals surface area contributed by atoms with Gasteiger partial charge in [0.2, 0.25) is 0 Å². The van der Waals surface area contributed by atoms with Crippen LogP contribution < -0.4 is 4.74 Å². The van der Waals surface area contributed by atoms with Crippen LogP contribution in [0.2, 0.25) is 0 Å². The predicted molar refractivity (Wildman–Crippen MR) is 235 cm³/mol. The Hall–Kier alpha value is -7.63. The van der Waals surface area contributed by atoms with E-state index < -0.39 is 5.41 Å². The molecule has 0 amide bonds. The van der Waals surface area contributed by atoms with Crippen LogP contribution in [-0.4, -0.2) is 19.5 Å². The highest BCUT2D eigenvalue weighted by atomic mass is 16.5. The number of ether oxygens (including phenoxy) is 1. The zero-order chi connectivity index (χ0) is 38.8. The van der Waals surface area contributed by atoms with Gasteiger partial charge in [-0.1, -0.05) is 140 Å². The maximum atomic E-state index is 6.62. The Morgan fingerprint density at radius 3 is 1.90 bits per heavy atom. The number of benzene rings is 7. The van der Waals surface area contributed by atoms with Crippen molar-refractivity contribution < 1.29 is 4.74 Å². The van der Waals surface area contributed by atoms with E-state index in [-0.39, 0.29) is 0 Å². The lowest BCUT2D eigenvalue weighted by atomic mass is 9.66. The fourth-order valence-corrected chi connectivity index (χ4v) is 9.10. The number of para-hydroxylation sites is 3. The van der Waals surface area contributed by atoms with Gasteiger partial charge in [-0.3, -0.25) is 0 Å². The Morgan fingerprint density at radius 1 is 0.552 bits per heavy atom. The van der Waals surface area contributed by atoms with Gasteiger partial charge in [-0.2, -0.15) is 0 Å². The number of allylic oxidation sites excluding steroid dienone is 5. The quantitative estimate of drug-likeness (QED) is 0.159. The molecule has 11 rings (SSSR count). The first kappa shape index (κ1) is 33.7. The molecule has 1 aliphatic carbocycles. The number of hydrogen-bond donors (Lipinski definition) is 0. The second-order valence-corrected chi connectivity index (χ2v) is 14.8. The number of rotatable bonds is 6. The van der Waals surface area contributed by atoms with Crippen LogP contribution in [0, 0.1) is 0 Å². The van der Waals surface area contributed by atoms with Crippen LogP contribution in [-0.2, 0) is 5.41 Å². The van der Waals surface area contributed by atoms with Crippen molar-refractivity contribution in [3.63, 3.8) is 0 Å². The molecule has 0 N–H and O–H groups in total. The van der Waals surface area contributed by atoms with Gasteiger partial charge in [0.05, 0.1) is 16.4 Å². The van der Waals surface area contributed by atoms with Gasteiger partial charge in [-0.25, -0.2) is 15.0 Å². The molecule has 0 atom stereocenters. The molecule has 0 unspecified atom stereocenters. The summed E-state index contributed by atoms with van der Waals surface area (Å²) >= 11 is 0. The minimum atomic E-state index is -0.558. The normalized spacial score (nSPS) is 13.6. The molecule has 1 aliphatic heterocycles. The molecule has 1 spiro atoms. The van der Waals surface area contributed by atoms with Crippen LogP contribution in [0.1, 0.15) is 35.0 Å². The number of aromatic nitrogens is 4. The SMILES string of the molecule is C=C/C=C\C=C(/C)c1nc(-c2ccccc2)nc(-c2ccc(-n3c4ccccc4c4cc5c(cc43)C3(c4ccccc4Oc4ccccc43)c3ccccc3-5)cc2)n1. The summed E-state index contributed by atoms with van der Waals surface area (Å²) < 4.78 is 9.01. The van der Waals surface area contributed by atoms with E-state index in [0.29, 0.717) is 17.5 Å². The molecule has 2 aromatic heterocycles. The number of fused-ring (bicyclic) bond motifs is 12. The average Bonchev–Trinajstić information content (AvgIpc) is 3.76. The Bertz CT molecular complexity index is 3130. The van der Waals surface area contributed by atoms with Crippen LogP contribution in [0.15, 0.2) is 195 Å². The molecular formula is C53H36N4O. The van der Waals surface area contributed by atoms with Crippen molar-refractivity contribution in [2.45, 2.75) is 12.3 Å². The van der Waals surface area contributed by atoms with Crippen molar-refractivity contribution in [3.05, 3.63) is 223 Å². The topological polar surface area (TPSA) is 52.8 Å². The molecule has 0 saturated heterocycles. The number of nitrogens with zero attached hydrogens (tertiary/aromatic N) is 4. The Labute approximate surface area is 336 Å². The van der Waals surface area contributed by atoms with Gasteiger partial charge < -0.3 is 9.30 Å². The second kappa shape index (κ2) is 13.2. The summed E-state index contributed by atoms with van der Waals surface area (Å²) in [6.45, 7) is 5.81. The van der Waals surface area contributed by atoms with Crippen LogP contribution >= 0.6 is 0 Å². The Balaban J connectivity index is 1.12. The van der Waals surface area contributed by atoms with E-state index in [1.807, 2.05) is 55.5 Å². The summed E-state index contributed by atoms with van der Waals surface area (Å²) in [6, 6.07) is 58.2. The molecule has 0 bridgehead atoms. The van der Waals surface area contributed by atoms with Crippen LogP contribution in [0.3, 0.4) is 0 Å². The van der Waals surface area contributed by atoms with E-state index in [0.717, 1.165) is 56.0 Å². The highest BCUT2D eigenvalue weighted by Gasteiger charge is 2.51. The van der Waals surface area contributed by atoms with E-state index in [1.54, 1.807) is 6.08 Å². The fourth-order valence-electron chi connectivity index (χ4n) is 9.10. The van der Waals surface area contributed by atoms with Gasteiger partial charge in [-0.15, -0.1) is 0 Å². The lowest BCUT2D eigenvalue weighted by Crippen LogP contribution is -2.32. The van der Waals surface area contributed by atoms with Crippen LogP contribution in [0.4, 0.5) is 0 Å². The lowest BCUT2D eigenvalue weighted by molar-refractivity contribution is 0.436. The highest BCUT2D eigenvalue weighted by Crippen LogP contribution is 2.62. The minimum absolute atomic E-state index is 0.558. The Morgan fingerprint density at radius 2 is 1.17 bits per heavy atom. The second-order valence-electron chi connectivity index (χ2n) is 14.8. The van der Waals surface area contributed by atoms with Crippen molar-refractivity contribution in [2.24, 2.45) is 0 Å². The molecule has 7 aromatic carbocycles. The molecule has 9 aromatic rings. The van der Waals surface area contributed by atoms with Gasteiger partial charge >= 0.3 is 0 Å². The molecule has 58 heavy (non-hydrogen) atoms. The van der Waals surface area contributed by atoms with Crippen molar-refractivity contribution in [2.75, 3.05) is 0 Å². The average molecular weight is 745 g/mol. The van der Waals surface area contributed by atoms with Gasteiger partial charge in [0.25, 0.3) is 0 Å². The van der Waals surface area contributed by atoms with Crippen molar-refractivity contribution in [1.82, 2.24) is 19.5 Å². The first-order valence-electron chi connectivity index (χ1n) is 19.6. The predicted octanol–water partition coefficient (Wildman–Crippen LogP) is 12.9. The van der Waals surface area contributed by atoms with Crippen molar-refractivity contribution >= 4 is 27.4 Å². The zero-order valence-electron chi connectivity index (χ0n) is 31.8. The number of hydrogen-bond acceptors (Lipinski definition) is 4. The van der Waals surface area contributed by atoms with Gasteiger partial charge in [0.1, 0.15) is 11.5 Å². The standard InChI is InChI=1S/C53H36N4O/c1-3-4-6-17-34(2)50-54-51(35-18-7-5-8-19-35)56-52(55-50)36-28-30-37(31-29-36)57-46-25-14-10-21-39(46)41-32-40-38-20-9-11-22-42(38)53(45(40)33-47(41)57)43-23-12-15-26-48(43)58-49-27-16-13-24-44(49)53/h3-33H,1H2,2H3/b6-4-,34-17+. The van der Waals surface area contributed by atoms with Crippen molar-refractivity contribution in [1.29, 1.82) is 0 Å². The largest absolute Gasteiger partial charge is 0.457 e. The molecule has 5 nitrogen and oxygen atoms in total. The van der Waals surface area contributed by atoms with Gasteiger partial charge in [0.15, 0.2) is 17.5 Å². The molecule has 0 fully saturated rings. The summed E-state index contributed by atoms with van der Waals surface area (Å²) in [5, 5.41) is 2.42.